The third-order valence-corrected chi connectivity index (χ3v) is 3.68. The number of benzene rings is 2. The molecule has 21 heavy (non-hydrogen) atoms. The van der Waals surface area contributed by atoms with Crippen molar-refractivity contribution in [1.29, 1.82) is 0 Å². The molecule has 1 unspecified atom stereocenters. The number of ketones is 1. The van der Waals surface area contributed by atoms with Gasteiger partial charge in [-0.25, -0.2) is 0 Å². The van der Waals surface area contributed by atoms with Crippen LogP contribution in [0.4, 0.5) is 5.69 Å². The molecule has 2 aromatic rings. The van der Waals surface area contributed by atoms with Crippen LogP contribution in [0.25, 0.3) is 0 Å². The fraction of sp³-hybridized carbons (Fsp3) is 0.235. The predicted molar refractivity (Wildman–Crippen MR) is 89.6 cm³/mol. The standard InChI is InChI=1S/C17H17Cl2NO/c1-2-4-16(20-15-9-7-13(18)8-10-15)17(21)12-5-3-6-14(19)11-12/h3,5-11,16,20H,2,4H2,1H3. The Morgan fingerprint density at radius 3 is 2.43 bits per heavy atom. The molecule has 2 rings (SSSR count). The molecule has 2 aromatic carbocycles. The molecule has 0 amide bonds. The van der Waals surface area contributed by atoms with E-state index in [-0.39, 0.29) is 11.8 Å². The van der Waals surface area contributed by atoms with E-state index in [9.17, 15) is 4.79 Å². The Kier molecular flexibility index (Phi) is 5.66. The second-order valence-corrected chi connectivity index (χ2v) is 5.74. The molecule has 110 valence electrons. The predicted octanol–water partition coefficient (Wildman–Crippen LogP) is 5.46. The maximum atomic E-state index is 12.6. The minimum atomic E-state index is -0.269. The van der Waals surface area contributed by atoms with E-state index < -0.39 is 0 Å². The van der Waals surface area contributed by atoms with E-state index in [1.54, 1.807) is 36.4 Å². The van der Waals surface area contributed by atoms with Crippen molar-refractivity contribution >= 4 is 34.7 Å². The highest BCUT2D eigenvalue weighted by molar-refractivity contribution is 6.31. The molecule has 0 aliphatic heterocycles. The van der Waals surface area contributed by atoms with Gasteiger partial charge in [-0.2, -0.15) is 0 Å². The Morgan fingerprint density at radius 1 is 1.10 bits per heavy atom. The van der Waals surface area contributed by atoms with Gasteiger partial charge in [0.15, 0.2) is 5.78 Å². The third-order valence-electron chi connectivity index (χ3n) is 3.19. The smallest absolute Gasteiger partial charge is 0.185 e. The highest BCUT2D eigenvalue weighted by atomic mass is 35.5. The van der Waals surface area contributed by atoms with Gasteiger partial charge >= 0.3 is 0 Å². The number of halogens is 2. The Hall–Kier alpha value is -1.51. The van der Waals surface area contributed by atoms with Gasteiger partial charge in [0.05, 0.1) is 6.04 Å². The molecule has 0 aromatic heterocycles. The number of hydrogen-bond acceptors (Lipinski definition) is 2. The average Bonchev–Trinajstić information content (AvgIpc) is 2.48. The first-order valence-corrected chi connectivity index (χ1v) is 7.67. The number of Topliss-reactive ketones (excluding diaryl/α,β-unsaturated/α-hetero) is 1. The molecule has 0 saturated heterocycles. The molecular weight excluding hydrogens is 305 g/mol. The molecule has 0 heterocycles. The van der Waals surface area contributed by atoms with Crippen LogP contribution in [0, 0.1) is 0 Å². The fourth-order valence-corrected chi connectivity index (χ4v) is 2.46. The highest BCUT2D eigenvalue weighted by Crippen LogP contribution is 2.19. The first-order valence-electron chi connectivity index (χ1n) is 6.92. The molecule has 0 fully saturated rings. The number of anilines is 1. The number of carbonyl (C=O) groups is 1. The quantitative estimate of drug-likeness (QED) is 0.716. The Balaban J connectivity index is 2.18. The van der Waals surface area contributed by atoms with E-state index in [2.05, 4.69) is 12.2 Å². The summed E-state index contributed by atoms with van der Waals surface area (Å²) >= 11 is 11.8. The summed E-state index contributed by atoms with van der Waals surface area (Å²) in [6.07, 6.45) is 1.67. The fourth-order valence-electron chi connectivity index (χ4n) is 2.15. The summed E-state index contributed by atoms with van der Waals surface area (Å²) in [4.78, 5) is 12.6. The summed E-state index contributed by atoms with van der Waals surface area (Å²) in [6.45, 7) is 2.06. The summed E-state index contributed by atoms with van der Waals surface area (Å²) in [6, 6.07) is 14.1. The Bertz CT molecular complexity index is 610. The molecule has 0 aliphatic rings. The second kappa shape index (κ2) is 7.48. The van der Waals surface area contributed by atoms with Crippen LogP contribution < -0.4 is 5.32 Å². The normalized spacial score (nSPS) is 12.0. The van der Waals surface area contributed by atoms with Crippen molar-refractivity contribution in [2.45, 2.75) is 25.8 Å². The van der Waals surface area contributed by atoms with Crippen LogP contribution in [0.1, 0.15) is 30.1 Å². The first-order chi connectivity index (χ1) is 10.1. The summed E-state index contributed by atoms with van der Waals surface area (Å²) in [5.74, 6) is 0.0503. The molecule has 0 radical (unpaired) electrons. The van der Waals surface area contributed by atoms with Gasteiger partial charge in [-0.3, -0.25) is 4.79 Å². The maximum absolute atomic E-state index is 12.6. The summed E-state index contributed by atoms with van der Waals surface area (Å²) in [5.41, 5.74) is 1.51. The van der Waals surface area contributed by atoms with Crippen LogP contribution >= 0.6 is 23.2 Å². The van der Waals surface area contributed by atoms with Crippen LogP contribution in [0.5, 0.6) is 0 Å². The van der Waals surface area contributed by atoms with Crippen molar-refractivity contribution in [2.24, 2.45) is 0 Å². The van der Waals surface area contributed by atoms with Gasteiger partial charge in [0.2, 0.25) is 0 Å². The lowest BCUT2D eigenvalue weighted by Crippen LogP contribution is -2.29. The van der Waals surface area contributed by atoms with E-state index in [1.165, 1.54) is 0 Å². The van der Waals surface area contributed by atoms with Crippen LogP contribution in [0.3, 0.4) is 0 Å². The van der Waals surface area contributed by atoms with Gasteiger partial charge in [-0.1, -0.05) is 48.7 Å². The lowest BCUT2D eigenvalue weighted by molar-refractivity contribution is 0.0965. The molecule has 2 nitrogen and oxygen atoms in total. The monoisotopic (exact) mass is 321 g/mol. The van der Waals surface area contributed by atoms with Crippen molar-refractivity contribution < 1.29 is 4.79 Å². The van der Waals surface area contributed by atoms with Gasteiger partial charge in [0, 0.05) is 21.3 Å². The highest BCUT2D eigenvalue weighted by Gasteiger charge is 2.19. The number of rotatable bonds is 6. The van der Waals surface area contributed by atoms with Crippen molar-refractivity contribution in [2.75, 3.05) is 5.32 Å². The van der Waals surface area contributed by atoms with Crippen LogP contribution in [-0.4, -0.2) is 11.8 Å². The van der Waals surface area contributed by atoms with Gasteiger partial charge < -0.3 is 5.32 Å². The van der Waals surface area contributed by atoms with Crippen LogP contribution in [-0.2, 0) is 0 Å². The average molecular weight is 322 g/mol. The Labute approximate surface area is 135 Å². The summed E-state index contributed by atoms with van der Waals surface area (Å²) in [7, 11) is 0. The SMILES string of the molecule is CCCC(Nc1ccc(Cl)cc1)C(=O)c1cccc(Cl)c1. The second-order valence-electron chi connectivity index (χ2n) is 4.87. The number of nitrogens with one attached hydrogen (secondary N) is 1. The molecular formula is C17H17Cl2NO. The van der Waals surface area contributed by atoms with Gasteiger partial charge in [-0.15, -0.1) is 0 Å². The molecule has 4 heteroatoms. The van der Waals surface area contributed by atoms with Gasteiger partial charge in [-0.05, 0) is 42.8 Å². The zero-order valence-electron chi connectivity index (χ0n) is 11.8. The minimum Gasteiger partial charge on any atom is -0.375 e. The van der Waals surface area contributed by atoms with Crippen molar-refractivity contribution in [3.8, 4) is 0 Å². The first kappa shape index (κ1) is 15.9. The molecule has 0 spiro atoms. The molecule has 0 aliphatic carbocycles. The van der Waals surface area contributed by atoms with E-state index in [4.69, 9.17) is 23.2 Å². The Morgan fingerprint density at radius 2 is 1.81 bits per heavy atom. The number of hydrogen-bond donors (Lipinski definition) is 1. The lowest BCUT2D eigenvalue weighted by atomic mass is 10.00. The van der Waals surface area contributed by atoms with E-state index in [0.29, 0.717) is 15.6 Å². The molecule has 0 saturated carbocycles. The number of carbonyl (C=O) groups excluding carboxylic acids is 1. The van der Waals surface area contributed by atoms with E-state index in [1.807, 2.05) is 12.1 Å². The molecule has 1 N–H and O–H groups in total. The summed E-state index contributed by atoms with van der Waals surface area (Å²) < 4.78 is 0. The van der Waals surface area contributed by atoms with Crippen molar-refractivity contribution in [3.63, 3.8) is 0 Å². The van der Waals surface area contributed by atoms with E-state index >= 15 is 0 Å². The molecule has 1 atom stereocenters. The zero-order chi connectivity index (χ0) is 15.2. The van der Waals surface area contributed by atoms with Gasteiger partial charge in [0.1, 0.15) is 0 Å². The van der Waals surface area contributed by atoms with Crippen LogP contribution in [0.2, 0.25) is 10.0 Å². The van der Waals surface area contributed by atoms with E-state index in [0.717, 1.165) is 18.5 Å². The van der Waals surface area contributed by atoms with Crippen LogP contribution in [0.15, 0.2) is 48.5 Å². The minimum absolute atomic E-state index is 0.0503. The topological polar surface area (TPSA) is 29.1 Å². The summed E-state index contributed by atoms with van der Waals surface area (Å²) in [5, 5.41) is 4.52. The maximum Gasteiger partial charge on any atom is 0.185 e. The van der Waals surface area contributed by atoms with Gasteiger partial charge in [0.25, 0.3) is 0 Å². The van der Waals surface area contributed by atoms with Crippen molar-refractivity contribution in [1.82, 2.24) is 0 Å². The third kappa shape index (κ3) is 4.48. The lowest BCUT2D eigenvalue weighted by Gasteiger charge is -2.18. The largest absolute Gasteiger partial charge is 0.375 e. The zero-order valence-corrected chi connectivity index (χ0v) is 13.3. The van der Waals surface area contributed by atoms with Crippen molar-refractivity contribution in [3.05, 3.63) is 64.1 Å². The molecule has 0 bridgehead atoms.